The molecule has 1 aliphatic heterocycles. The van der Waals surface area contributed by atoms with Crippen LogP contribution in [0.4, 0.5) is 0 Å². The van der Waals surface area contributed by atoms with Gasteiger partial charge < -0.3 is 9.42 Å². The second-order valence-corrected chi connectivity index (χ2v) is 9.18. The fourth-order valence-electron chi connectivity index (χ4n) is 3.98. The van der Waals surface area contributed by atoms with Crippen LogP contribution in [0.5, 0.6) is 0 Å². The van der Waals surface area contributed by atoms with E-state index in [2.05, 4.69) is 41.1 Å². The summed E-state index contributed by atoms with van der Waals surface area (Å²) >= 11 is 0. The van der Waals surface area contributed by atoms with E-state index in [1.54, 1.807) is 18.5 Å². The number of hydrogen-bond donors (Lipinski definition) is 0. The number of likely N-dealkylation sites (tertiary alicyclic amines) is 1. The van der Waals surface area contributed by atoms with Crippen molar-refractivity contribution in [2.45, 2.75) is 44.9 Å². The number of rotatable bonds is 3. The second-order valence-electron chi connectivity index (χ2n) is 9.18. The molecule has 0 aliphatic carbocycles. The summed E-state index contributed by atoms with van der Waals surface area (Å²) in [6, 6.07) is 9.34. The summed E-state index contributed by atoms with van der Waals surface area (Å²) in [6.07, 6.45) is 4.96. The van der Waals surface area contributed by atoms with Gasteiger partial charge >= 0.3 is 0 Å². The highest BCUT2D eigenvalue weighted by molar-refractivity contribution is 5.93. The van der Waals surface area contributed by atoms with E-state index < -0.39 is 0 Å². The van der Waals surface area contributed by atoms with Crippen LogP contribution in [0.15, 0.2) is 47.2 Å². The zero-order valence-electron chi connectivity index (χ0n) is 18.4. The Labute approximate surface area is 185 Å². The van der Waals surface area contributed by atoms with Gasteiger partial charge in [-0.3, -0.25) is 9.78 Å². The molecule has 32 heavy (non-hydrogen) atoms. The Hall–Kier alpha value is -3.62. The maximum atomic E-state index is 12.9. The summed E-state index contributed by atoms with van der Waals surface area (Å²) in [6.45, 7) is 7.65. The average Bonchev–Trinajstić information content (AvgIpc) is 3.46. The molecule has 9 heteroatoms. The monoisotopic (exact) mass is 431 g/mol. The first-order valence-electron chi connectivity index (χ1n) is 10.8. The molecule has 9 nitrogen and oxygen atoms in total. The molecular formula is C23H25N7O2. The molecule has 4 aromatic rings. The highest BCUT2D eigenvalue weighted by Crippen LogP contribution is 2.29. The Morgan fingerprint density at radius 1 is 1.12 bits per heavy atom. The van der Waals surface area contributed by atoms with Crippen LogP contribution in [0.3, 0.4) is 0 Å². The lowest BCUT2D eigenvalue weighted by Crippen LogP contribution is -2.38. The molecule has 1 aliphatic rings. The van der Waals surface area contributed by atoms with E-state index in [1.165, 1.54) is 0 Å². The first-order valence-corrected chi connectivity index (χ1v) is 10.8. The van der Waals surface area contributed by atoms with Crippen molar-refractivity contribution in [3.8, 4) is 11.3 Å². The van der Waals surface area contributed by atoms with Crippen LogP contribution in [0.2, 0.25) is 0 Å². The van der Waals surface area contributed by atoms with Gasteiger partial charge in [-0.2, -0.15) is 9.61 Å². The van der Waals surface area contributed by atoms with Gasteiger partial charge in [0.2, 0.25) is 0 Å². The summed E-state index contributed by atoms with van der Waals surface area (Å²) in [4.78, 5) is 18.8. The number of hydrogen-bond acceptors (Lipinski definition) is 7. The third-order valence-electron chi connectivity index (χ3n) is 5.88. The average molecular weight is 432 g/mol. The van der Waals surface area contributed by atoms with Crippen molar-refractivity contribution in [2.24, 2.45) is 0 Å². The summed E-state index contributed by atoms with van der Waals surface area (Å²) in [5, 5.41) is 17.5. The van der Waals surface area contributed by atoms with Crippen molar-refractivity contribution in [1.82, 2.24) is 34.9 Å². The van der Waals surface area contributed by atoms with Crippen LogP contribution >= 0.6 is 0 Å². The normalized spacial score (nSPS) is 15.4. The van der Waals surface area contributed by atoms with Crippen LogP contribution in [0.1, 0.15) is 61.5 Å². The number of carbonyl (C=O) groups is 1. The maximum Gasteiger partial charge on any atom is 0.276 e. The molecule has 0 aromatic carbocycles. The van der Waals surface area contributed by atoms with Gasteiger partial charge in [-0.15, -0.1) is 10.2 Å². The standard InChI is InChI=1S/C23H25N7O2/c1-23(2,3)19-6-7-20-25-26-21(30(20)27-19)15-8-11-29(12-9-15)22(31)17-13-18(32-28-17)16-5-4-10-24-14-16/h4-7,10,13-15H,8-9,11-12H2,1-3H3. The van der Waals surface area contributed by atoms with Crippen molar-refractivity contribution < 1.29 is 9.32 Å². The Morgan fingerprint density at radius 3 is 2.66 bits per heavy atom. The molecule has 5 heterocycles. The topological polar surface area (TPSA) is 102 Å². The molecule has 0 N–H and O–H groups in total. The highest BCUT2D eigenvalue weighted by atomic mass is 16.5. The van der Waals surface area contributed by atoms with Crippen molar-refractivity contribution in [3.05, 3.63) is 59.9 Å². The fraction of sp³-hybridized carbons (Fsp3) is 0.391. The molecule has 5 rings (SSSR count). The summed E-state index contributed by atoms with van der Waals surface area (Å²) in [5.74, 6) is 1.46. The van der Waals surface area contributed by atoms with E-state index in [-0.39, 0.29) is 17.2 Å². The van der Waals surface area contributed by atoms with Crippen molar-refractivity contribution in [1.29, 1.82) is 0 Å². The molecule has 0 radical (unpaired) electrons. The summed E-state index contributed by atoms with van der Waals surface area (Å²) in [5.41, 5.74) is 2.79. The number of carbonyl (C=O) groups excluding carboxylic acids is 1. The second kappa shape index (κ2) is 7.81. The van der Waals surface area contributed by atoms with Crippen LogP contribution in [-0.2, 0) is 5.41 Å². The van der Waals surface area contributed by atoms with E-state index >= 15 is 0 Å². The highest BCUT2D eigenvalue weighted by Gasteiger charge is 2.29. The molecule has 1 saturated heterocycles. The van der Waals surface area contributed by atoms with Crippen molar-refractivity contribution in [2.75, 3.05) is 13.1 Å². The van der Waals surface area contributed by atoms with Crippen LogP contribution in [0.25, 0.3) is 17.0 Å². The van der Waals surface area contributed by atoms with Gasteiger partial charge in [0.15, 0.2) is 22.9 Å². The first kappa shape index (κ1) is 20.3. The number of pyridine rings is 1. The van der Waals surface area contributed by atoms with E-state index in [1.807, 2.05) is 33.7 Å². The molecule has 0 saturated carbocycles. The van der Waals surface area contributed by atoms with E-state index in [9.17, 15) is 4.79 Å². The minimum atomic E-state index is -0.124. The van der Waals surface area contributed by atoms with Gasteiger partial charge in [0, 0.05) is 48.4 Å². The number of fused-ring (bicyclic) bond motifs is 1. The van der Waals surface area contributed by atoms with Gasteiger partial charge in [-0.05, 0) is 37.1 Å². The molecule has 1 amide bonds. The first-order chi connectivity index (χ1) is 15.4. The van der Waals surface area contributed by atoms with Crippen LogP contribution in [0, 0.1) is 0 Å². The summed E-state index contributed by atoms with van der Waals surface area (Å²) in [7, 11) is 0. The van der Waals surface area contributed by atoms with Crippen molar-refractivity contribution in [3.63, 3.8) is 0 Å². The zero-order chi connectivity index (χ0) is 22.3. The molecule has 1 fully saturated rings. The quantitative estimate of drug-likeness (QED) is 0.489. The third kappa shape index (κ3) is 3.74. The predicted octanol–water partition coefficient (Wildman–Crippen LogP) is 3.49. The molecular weight excluding hydrogens is 406 g/mol. The van der Waals surface area contributed by atoms with Gasteiger partial charge in [0.05, 0.1) is 5.69 Å². The Morgan fingerprint density at radius 2 is 1.94 bits per heavy atom. The fourth-order valence-corrected chi connectivity index (χ4v) is 3.98. The lowest BCUT2D eigenvalue weighted by atomic mass is 9.92. The minimum absolute atomic E-state index is 0.0578. The van der Waals surface area contributed by atoms with Gasteiger partial charge in [-0.1, -0.05) is 25.9 Å². The summed E-state index contributed by atoms with van der Waals surface area (Å²) < 4.78 is 7.22. The molecule has 0 bridgehead atoms. The lowest BCUT2D eigenvalue weighted by molar-refractivity contribution is 0.0700. The van der Waals surface area contributed by atoms with Gasteiger partial charge in [0.1, 0.15) is 0 Å². The van der Waals surface area contributed by atoms with Crippen LogP contribution in [-0.4, -0.2) is 53.8 Å². The number of piperidine rings is 1. The Bertz CT molecular complexity index is 1250. The van der Waals surface area contributed by atoms with Gasteiger partial charge in [-0.25, -0.2) is 0 Å². The molecule has 0 spiro atoms. The zero-order valence-corrected chi connectivity index (χ0v) is 18.4. The van der Waals surface area contributed by atoms with E-state index in [0.29, 0.717) is 24.5 Å². The number of amides is 1. The molecule has 164 valence electrons. The molecule has 0 unspecified atom stereocenters. The minimum Gasteiger partial charge on any atom is -0.355 e. The third-order valence-corrected chi connectivity index (χ3v) is 5.88. The van der Waals surface area contributed by atoms with Crippen LogP contribution < -0.4 is 0 Å². The smallest absolute Gasteiger partial charge is 0.276 e. The Balaban J connectivity index is 1.29. The van der Waals surface area contributed by atoms with Crippen molar-refractivity contribution >= 4 is 11.6 Å². The van der Waals surface area contributed by atoms with E-state index in [0.717, 1.165) is 35.6 Å². The Kier molecular flexibility index (Phi) is 4.96. The van der Waals surface area contributed by atoms with E-state index in [4.69, 9.17) is 9.62 Å². The maximum absolute atomic E-state index is 12.9. The lowest BCUT2D eigenvalue weighted by Gasteiger charge is -2.30. The predicted molar refractivity (Wildman–Crippen MR) is 117 cm³/mol. The SMILES string of the molecule is CC(C)(C)c1ccc2nnc(C3CCN(C(=O)c4cc(-c5cccnc5)on4)CC3)n2n1. The van der Waals surface area contributed by atoms with Gasteiger partial charge in [0.25, 0.3) is 5.91 Å². The largest absolute Gasteiger partial charge is 0.355 e. The molecule has 0 atom stereocenters. The number of nitrogens with zero attached hydrogens (tertiary/aromatic N) is 7. The molecule has 4 aromatic heterocycles. The number of aromatic nitrogens is 6.